The van der Waals surface area contributed by atoms with Gasteiger partial charge in [-0.1, -0.05) is 41.9 Å². The Morgan fingerprint density at radius 2 is 1.78 bits per heavy atom. The molecule has 0 fully saturated rings. The molecular formula is C27H24ClF2NO6. The quantitative estimate of drug-likeness (QED) is 0.252. The molecule has 7 nitrogen and oxygen atoms in total. The standard InChI is InChI=1S/C27H24ClF2NO6/c1-3-35-22(33)12-15-9-10-19(18(28)11-15)31-20(13-32)23-24(27(31)34)26(36-4-2)17-8-6-5-7-16(17)25(23)37-14-21(29)30/h5-11,13,20-21H,3-4,12,14H2,1-2H3. The van der Waals surface area contributed by atoms with Crippen molar-refractivity contribution in [2.45, 2.75) is 32.7 Å². The molecule has 1 unspecified atom stereocenters. The molecule has 1 amide bonds. The average Bonchev–Trinajstić information content (AvgIpc) is 3.15. The van der Waals surface area contributed by atoms with E-state index in [1.54, 1.807) is 44.2 Å². The largest absolute Gasteiger partial charge is 0.492 e. The summed E-state index contributed by atoms with van der Waals surface area (Å²) in [6.07, 6.45) is -2.26. The number of hydrogen-bond acceptors (Lipinski definition) is 6. The Morgan fingerprint density at radius 1 is 1.08 bits per heavy atom. The molecule has 0 saturated carbocycles. The minimum absolute atomic E-state index is 0.0114. The number of amides is 1. The van der Waals surface area contributed by atoms with Gasteiger partial charge in [0.05, 0.1) is 35.9 Å². The fourth-order valence-corrected chi connectivity index (χ4v) is 4.78. The SMILES string of the molecule is CCOC(=O)Cc1ccc(N2C(=O)c3c(c(OCC(F)F)c4ccccc4c3OCC)C2C=O)c(Cl)c1. The molecule has 3 aromatic carbocycles. The van der Waals surface area contributed by atoms with Crippen molar-refractivity contribution in [3.63, 3.8) is 0 Å². The van der Waals surface area contributed by atoms with Crippen LogP contribution in [0, 0.1) is 0 Å². The summed E-state index contributed by atoms with van der Waals surface area (Å²) >= 11 is 6.53. The number of esters is 1. The van der Waals surface area contributed by atoms with Crippen molar-refractivity contribution >= 4 is 46.2 Å². The number of hydrogen-bond donors (Lipinski definition) is 0. The Labute approximate surface area is 216 Å². The molecule has 0 bridgehead atoms. The number of ether oxygens (including phenoxy) is 3. The van der Waals surface area contributed by atoms with Crippen LogP contribution in [0.4, 0.5) is 14.5 Å². The lowest BCUT2D eigenvalue weighted by atomic mass is 9.96. The number of carbonyl (C=O) groups excluding carboxylic acids is 3. The summed E-state index contributed by atoms with van der Waals surface area (Å²) in [5.41, 5.74) is 0.947. The van der Waals surface area contributed by atoms with Crippen molar-refractivity contribution in [3.8, 4) is 11.5 Å². The van der Waals surface area contributed by atoms with Crippen molar-refractivity contribution in [2.75, 3.05) is 24.7 Å². The summed E-state index contributed by atoms with van der Waals surface area (Å²) in [6.45, 7) is 2.97. The molecule has 194 valence electrons. The Balaban J connectivity index is 1.89. The predicted molar refractivity (Wildman–Crippen MR) is 134 cm³/mol. The molecule has 0 saturated heterocycles. The lowest BCUT2D eigenvalue weighted by Gasteiger charge is -2.23. The molecule has 1 aliphatic rings. The van der Waals surface area contributed by atoms with Crippen LogP contribution < -0.4 is 14.4 Å². The van der Waals surface area contributed by atoms with Crippen LogP contribution in [0.3, 0.4) is 0 Å². The third-order valence-electron chi connectivity index (χ3n) is 5.86. The average molecular weight is 532 g/mol. The first-order valence-corrected chi connectivity index (χ1v) is 12.0. The molecule has 0 N–H and O–H groups in total. The van der Waals surface area contributed by atoms with Crippen molar-refractivity contribution < 1.29 is 37.4 Å². The zero-order valence-electron chi connectivity index (χ0n) is 20.1. The maximum absolute atomic E-state index is 13.8. The smallest absolute Gasteiger partial charge is 0.310 e. The van der Waals surface area contributed by atoms with E-state index in [0.717, 1.165) is 0 Å². The second kappa shape index (κ2) is 11.1. The minimum atomic E-state index is -2.77. The van der Waals surface area contributed by atoms with Gasteiger partial charge in [-0.2, -0.15) is 0 Å². The molecule has 37 heavy (non-hydrogen) atoms. The van der Waals surface area contributed by atoms with Crippen LogP contribution in [0.25, 0.3) is 10.8 Å². The highest BCUT2D eigenvalue weighted by Crippen LogP contribution is 2.51. The van der Waals surface area contributed by atoms with Crippen LogP contribution in [0.1, 0.15) is 41.4 Å². The summed E-state index contributed by atoms with van der Waals surface area (Å²) in [6, 6.07) is 10.2. The Morgan fingerprint density at radius 3 is 2.38 bits per heavy atom. The van der Waals surface area contributed by atoms with Gasteiger partial charge in [0.25, 0.3) is 12.3 Å². The van der Waals surface area contributed by atoms with Gasteiger partial charge in [-0.15, -0.1) is 0 Å². The highest BCUT2D eigenvalue weighted by Gasteiger charge is 2.44. The van der Waals surface area contributed by atoms with Gasteiger partial charge in [-0.3, -0.25) is 14.5 Å². The minimum Gasteiger partial charge on any atom is -0.492 e. The number of rotatable bonds is 10. The van der Waals surface area contributed by atoms with Gasteiger partial charge in [0.1, 0.15) is 30.4 Å². The maximum Gasteiger partial charge on any atom is 0.310 e. The van der Waals surface area contributed by atoms with Gasteiger partial charge in [0, 0.05) is 16.3 Å². The van der Waals surface area contributed by atoms with Crippen molar-refractivity contribution in [3.05, 3.63) is 64.2 Å². The van der Waals surface area contributed by atoms with E-state index in [-0.39, 0.29) is 53.0 Å². The number of aldehydes is 1. The molecule has 0 aliphatic carbocycles. The van der Waals surface area contributed by atoms with Crippen LogP contribution in [0.2, 0.25) is 5.02 Å². The summed E-state index contributed by atoms with van der Waals surface area (Å²) in [5.74, 6) is -0.789. The van der Waals surface area contributed by atoms with Crippen molar-refractivity contribution in [1.29, 1.82) is 0 Å². The molecule has 0 radical (unpaired) electrons. The van der Waals surface area contributed by atoms with E-state index in [2.05, 4.69) is 0 Å². The Bertz CT molecular complexity index is 1360. The van der Waals surface area contributed by atoms with Gasteiger partial charge in [-0.25, -0.2) is 8.78 Å². The molecule has 0 spiro atoms. The normalized spacial score (nSPS) is 14.7. The fourth-order valence-electron chi connectivity index (χ4n) is 4.48. The van der Waals surface area contributed by atoms with Crippen LogP contribution in [0.15, 0.2) is 42.5 Å². The van der Waals surface area contributed by atoms with Crippen LogP contribution >= 0.6 is 11.6 Å². The van der Waals surface area contributed by atoms with Crippen LogP contribution in [-0.2, 0) is 20.7 Å². The van der Waals surface area contributed by atoms with Gasteiger partial charge < -0.3 is 19.0 Å². The van der Waals surface area contributed by atoms with Gasteiger partial charge in [0.15, 0.2) is 0 Å². The zero-order chi connectivity index (χ0) is 26.7. The van der Waals surface area contributed by atoms with Crippen LogP contribution in [0.5, 0.6) is 11.5 Å². The Hall–Kier alpha value is -3.72. The number of anilines is 1. The van der Waals surface area contributed by atoms with E-state index in [1.807, 2.05) is 0 Å². The number of nitrogens with zero attached hydrogens (tertiary/aromatic N) is 1. The second-order valence-electron chi connectivity index (χ2n) is 8.15. The number of halogens is 3. The molecular weight excluding hydrogens is 508 g/mol. The lowest BCUT2D eigenvalue weighted by Crippen LogP contribution is -2.29. The lowest BCUT2D eigenvalue weighted by molar-refractivity contribution is -0.142. The van der Waals surface area contributed by atoms with E-state index in [0.29, 0.717) is 22.6 Å². The molecule has 1 atom stereocenters. The van der Waals surface area contributed by atoms with Crippen molar-refractivity contribution in [2.24, 2.45) is 0 Å². The number of carbonyl (C=O) groups is 3. The van der Waals surface area contributed by atoms with E-state index in [9.17, 15) is 23.2 Å². The van der Waals surface area contributed by atoms with Gasteiger partial charge in [-0.05, 0) is 31.5 Å². The maximum atomic E-state index is 13.8. The summed E-state index contributed by atoms with van der Waals surface area (Å²) in [7, 11) is 0. The third kappa shape index (κ3) is 4.96. The predicted octanol–water partition coefficient (Wildman–Crippen LogP) is 5.54. The fraction of sp³-hybridized carbons (Fsp3) is 0.296. The molecule has 4 rings (SSSR count). The Kier molecular flexibility index (Phi) is 7.92. The summed E-state index contributed by atoms with van der Waals surface area (Å²) < 4.78 is 42.6. The molecule has 1 aliphatic heterocycles. The number of alkyl halides is 2. The van der Waals surface area contributed by atoms with Gasteiger partial charge >= 0.3 is 5.97 Å². The zero-order valence-corrected chi connectivity index (χ0v) is 20.9. The highest BCUT2D eigenvalue weighted by molar-refractivity contribution is 6.35. The molecule has 0 aromatic heterocycles. The van der Waals surface area contributed by atoms with E-state index >= 15 is 0 Å². The summed E-state index contributed by atoms with van der Waals surface area (Å²) in [4.78, 5) is 39.3. The van der Waals surface area contributed by atoms with Crippen LogP contribution in [-0.4, -0.2) is 44.4 Å². The highest BCUT2D eigenvalue weighted by atomic mass is 35.5. The molecule has 1 heterocycles. The molecule has 3 aromatic rings. The summed E-state index contributed by atoms with van der Waals surface area (Å²) in [5, 5.41) is 1.04. The first kappa shape index (κ1) is 26.3. The second-order valence-corrected chi connectivity index (χ2v) is 8.56. The molecule has 10 heteroatoms. The monoisotopic (exact) mass is 531 g/mol. The van der Waals surface area contributed by atoms with Crippen molar-refractivity contribution in [1.82, 2.24) is 0 Å². The van der Waals surface area contributed by atoms with E-state index in [4.69, 9.17) is 25.8 Å². The third-order valence-corrected chi connectivity index (χ3v) is 6.16. The topological polar surface area (TPSA) is 82.1 Å². The van der Waals surface area contributed by atoms with E-state index < -0.39 is 31.0 Å². The van der Waals surface area contributed by atoms with E-state index in [1.165, 1.54) is 17.0 Å². The first-order valence-electron chi connectivity index (χ1n) is 11.7. The number of fused-ring (bicyclic) bond motifs is 2. The van der Waals surface area contributed by atoms with Gasteiger partial charge in [0.2, 0.25) is 0 Å². The number of benzene rings is 3. The first-order chi connectivity index (χ1) is 17.8.